The van der Waals surface area contributed by atoms with Crippen LogP contribution in [0.3, 0.4) is 0 Å². The zero-order valence-corrected chi connectivity index (χ0v) is 15.1. The number of aryl methyl sites for hydroxylation is 1. The highest BCUT2D eigenvalue weighted by Crippen LogP contribution is 2.41. The van der Waals surface area contributed by atoms with Gasteiger partial charge in [-0.2, -0.15) is 0 Å². The molecule has 0 radical (unpaired) electrons. The van der Waals surface area contributed by atoms with Crippen LogP contribution >= 0.6 is 12.4 Å². The van der Waals surface area contributed by atoms with E-state index in [0.717, 1.165) is 54.8 Å². The third-order valence-corrected chi connectivity index (χ3v) is 5.13. The monoisotopic (exact) mass is 365 g/mol. The minimum absolute atomic E-state index is 0. The molecule has 3 aliphatic rings. The van der Waals surface area contributed by atoms with E-state index in [9.17, 15) is 9.59 Å². The van der Waals surface area contributed by atoms with Gasteiger partial charge < -0.3 is 20.7 Å². The van der Waals surface area contributed by atoms with E-state index in [4.69, 9.17) is 4.74 Å². The maximum Gasteiger partial charge on any atom is 0.237 e. The summed E-state index contributed by atoms with van der Waals surface area (Å²) in [5, 5.41) is 9.18. The number of carbonyl (C=O) groups excluding carboxylic acids is 2. The number of nitrogens with one attached hydrogen (secondary N) is 3. The second-order valence-electron chi connectivity index (χ2n) is 6.92. The number of halogens is 1. The summed E-state index contributed by atoms with van der Waals surface area (Å²) in [6, 6.07) is 2.04. The molecule has 1 aromatic carbocycles. The van der Waals surface area contributed by atoms with Gasteiger partial charge in [-0.15, -0.1) is 12.4 Å². The van der Waals surface area contributed by atoms with Gasteiger partial charge in [-0.25, -0.2) is 0 Å². The summed E-state index contributed by atoms with van der Waals surface area (Å²) < 4.78 is 6.12. The highest BCUT2D eigenvalue weighted by Gasteiger charge is 2.31. The van der Waals surface area contributed by atoms with Gasteiger partial charge in [-0.3, -0.25) is 9.59 Å². The highest BCUT2D eigenvalue weighted by molar-refractivity contribution is 5.95. The second-order valence-corrected chi connectivity index (χ2v) is 6.92. The Hall–Kier alpha value is -1.79. The molecule has 0 spiro atoms. The molecule has 1 fully saturated rings. The van der Waals surface area contributed by atoms with Crippen LogP contribution in [0, 0.1) is 6.92 Å². The van der Waals surface area contributed by atoms with E-state index in [1.54, 1.807) is 0 Å². The Morgan fingerprint density at radius 3 is 3.00 bits per heavy atom. The van der Waals surface area contributed by atoms with Crippen LogP contribution in [-0.2, 0) is 22.4 Å². The zero-order chi connectivity index (χ0) is 16.7. The van der Waals surface area contributed by atoms with Crippen molar-refractivity contribution in [2.75, 3.05) is 18.4 Å². The Morgan fingerprint density at radius 1 is 1.40 bits per heavy atom. The lowest BCUT2D eigenvalue weighted by Gasteiger charge is -2.22. The number of hydrogen-bond donors (Lipinski definition) is 3. The SMILES string of the molecule is Cc1cc2c(c3c1NC(=O)CC3)OC(CNC(=O)[C@@H]1CCCN1)C2.Cl. The first-order valence-corrected chi connectivity index (χ1v) is 8.75. The van der Waals surface area contributed by atoms with Crippen LogP contribution in [0.1, 0.15) is 36.0 Å². The number of hydrogen-bond acceptors (Lipinski definition) is 4. The fourth-order valence-electron chi connectivity index (χ4n) is 3.91. The van der Waals surface area contributed by atoms with E-state index in [0.29, 0.717) is 13.0 Å². The number of amides is 2. The van der Waals surface area contributed by atoms with Gasteiger partial charge >= 0.3 is 0 Å². The predicted octanol–water partition coefficient (Wildman–Crippen LogP) is 1.47. The van der Waals surface area contributed by atoms with Crippen molar-refractivity contribution in [1.82, 2.24) is 10.6 Å². The molecular formula is C18H24ClN3O3. The standard InChI is InChI=1S/C18H23N3O3.ClH/c1-10-7-11-8-12(9-20-18(23)14-3-2-6-19-14)24-17(11)13-4-5-15(22)21-16(10)13;/h7,12,14,19H,2-6,8-9H2,1H3,(H,20,23)(H,21,22);1H/t12?,14-;/m0./s1. The van der Waals surface area contributed by atoms with Crippen molar-refractivity contribution in [2.45, 2.75) is 51.2 Å². The normalized spacial score (nSPS) is 23.8. The van der Waals surface area contributed by atoms with Crippen molar-refractivity contribution < 1.29 is 14.3 Å². The lowest BCUT2D eigenvalue weighted by Crippen LogP contribution is -2.44. The molecule has 3 heterocycles. The fraction of sp³-hybridized carbons (Fsp3) is 0.556. The number of anilines is 1. The van der Waals surface area contributed by atoms with Gasteiger partial charge in [-0.1, -0.05) is 6.07 Å². The number of benzene rings is 1. The van der Waals surface area contributed by atoms with Crippen LogP contribution < -0.4 is 20.7 Å². The highest BCUT2D eigenvalue weighted by atomic mass is 35.5. The molecule has 2 amide bonds. The van der Waals surface area contributed by atoms with Crippen LogP contribution in [0.25, 0.3) is 0 Å². The summed E-state index contributed by atoms with van der Waals surface area (Å²) in [5.74, 6) is 1.04. The average Bonchev–Trinajstić information content (AvgIpc) is 3.22. The van der Waals surface area contributed by atoms with Gasteiger partial charge in [0.1, 0.15) is 11.9 Å². The van der Waals surface area contributed by atoms with E-state index >= 15 is 0 Å². The Labute approximate surface area is 153 Å². The molecule has 136 valence electrons. The van der Waals surface area contributed by atoms with Crippen LogP contribution in [-0.4, -0.2) is 37.0 Å². The minimum atomic E-state index is -0.0565. The van der Waals surface area contributed by atoms with Crippen LogP contribution in [0.15, 0.2) is 6.07 Å². The van der Waals surface area contributed by atoms with Gasteiger partial charge in [0.25, 0.3) is 0 Å². The van der Waals surface area contributed by atoms with Crippen molar-refractivity contribution >= 4 is 29.9 Å². The predicted molar refractivity (Wildman–Crippen MR) is 97.5 cm³/mol. The molecule has 0 aliphatic carbocycles. The molecule has 25 heavy (non-hydrogen) atoms. The first-order valence-electron chi connectivity index (χ1n) is 8.75. The van der Waals surface area contributed by atoms with E-state index in [2.05, 4.69) is 22.0 Å². The first kappa shape index (κ1) is 18.0. The summed E-state index contributed by atoms with van der Waals surface area (Å²) in [4.78, 5) is 23.8. The van der Waals surface area contributed by atoms with Crippen LogP contribution in [0.4, 0.5) is 5.69 Å². The third-order valence-electron chi connectivity index (χ3n) is 5.13. The molecule has 0 saturated carbocycles. The zero-order valence-electron chi connectivity index (χ0n) is 14.3. The molecule has 1 aromatic rings. The number of fused-ring (bicyclic) bond motifs is 3. The van der Waals surface area contributed by atoms with Crippen molar-refractivity contribution in [3.8, 4) is 5.75 Å². The molecule has 3 aliphatic heterocycles. The van der Waals surface area contributed by atoms with E-state index < -0.39 is 0 Å². The van der Waals surface area contributed by atoms with Gasteiger partial charge in [0, 0.05) is 18.4 Å². The summed E-state index contributed by atoms with van der Waals surface area (Å²) in [7, 11) is 0. The summed E-state index contributed by atoms with van der Waals surface area (Å²) in [6.45, 7) is 3.46. The van der Waals surface area contributed by atoms with Crippen molar-refractivity contribution in [2.24, 2.45) is 0 Å². The molecule has 2 atom stereocenters. The van der Waals surface area contributed by atoms with Crippen LogP contribution in [0.2, 0.25) is 0 Å². The molecule has 4 rings (SSSR count). The average molecular weight is 366 g/mol. The van der Waals surface area contributed by atoms with E-state index in [-0.39, 0.29) is 36.4 Å². The smallest absolute Gasteiger partial charge is 0.237 e. The molecule has 1 unspecified atom stereocenters. The van der Waals surface area contributed by atoms with E-state index in [1.807, 2.05) is 6.92 Å². The third kappa shape index (κ3) is 3.46. The molecule has 7 heteroatoms. The molecule has 6 nitrogen and oxygen atoms in total. The van der Waals surface area contributed by atoms with Crippen molar-refractivity contribution in [3.63, 3.8) is 0 Å². The summed E-state index contributed by atoms with van der Waals surface area (Å²) in [5.41, 5.74) is 4.28. The first-order chi connectivity index (χ1) is 11.6. The summed E-state index contributed by atoms with van der Waals surface area (Å²) in [6.07, 6.45) is 3.95. The van der Waals surface area contributed by atoms with Gasteiger partial charge in [0.05, 0.1) is 18.3 Å². The maximum absolute atomic E-state index is 12.1. The summed E-state index contributed by atoms with van der Waals surface area (Å²) >= 11 is 0. The fourth-order valence-corrected chi connectivity index (χ4v) is 3.91. The molecule has 3 N–H and O–H groups in total. The Bertz CT molecular complexity index is 701. The number of rotatable bonds is 3. The minimum Gasteiger partial charge on any atom is -0.488 e. The van der Waals surface area contributed by atoms with Crippen LogP contribution in [0.5, 0.6) is 5.75 Å². The van der Waals surface area contributed by atoms with Crippen molar-refractivity contribution in [3.05, 3.63) is 22.8 Å². The largest absolute Gasteiger partial charge is 0.488 e. The molecule has 1 saturated heterocycles. The second kappa shape index (κ2) is 7.22. The van der Waals surface area contributed by atoms with Crippen molar-refractivity contribution in [1.29, 1.82) is 0 Å². The van der Waals surface area contributed by atoms with Gasteiger partial charge in [-0.05, 0) is 43.9 Å². The van der Waals surface area contributed by atoms with Gasteiger partial charge in [0.2, 0.25) is 11.8 Å². The lowest BCUT2D eigenvalue weighted by molar-refractivity contribution is -0.123. The Morgan fingerprint density at radius 2 is 2.24 bits per heavy atom. The van der Waals surface area contributed by atoms with Gasteiger partial charge in [0.15, 0.2) is 0 Å². The van der Waals surface area contributed by atoms with E-state index in [1.165, 1.54) is 5.56 Å². The topological polar surface area (TPSA) is 79.5 Å². The quantitative estimate of drug-likeness (QED) is 0.758. The molecular weight excluding hydrogens is 342 g/mol. The molecule has 0 aromatic heterocycles. The lowest BCUT2D eigenvalue weighted by atomic mass is 9.94. The number of carbonyl (C=O) groups is 2. The molecule has 0 bridgehead atoms. The Balaban J connectivity index is 0.00000182. The Kier molecular flexibility index (Phi) is 5.20. The maximum atomic E-state index is 12.1. The number of ether oxygens (including phenoxy) is 1.